The number of nitrogens with zero attached hydrogens (tertiary/aromatic N) is 2. The summed E-state index contributed by atoms with van der Waals surface area (Å²) >= 11 is 5.75. The molecule has 1 N–H and O–H groups in total. The van der Waals surface area contributed by atoms with Gasteiger partial charge in [0.1, 0.15) is 5.75 Å². The fourth-order valence-electron chi connectivity index (χ4n) is 1.67. The molecule has 0 fully saturated rings. The van der Waals surface area contributed by atoms with Crippen LogP contribution in [0.5, 0.6) is 11.5 Å². The van der Waals surface area contributed by atoms with Gasteiger partial charge < -0.3 is 4.74 Å². The summed E-state index contributed by atoms with van der Waals surface area (Å²) in [7, 11) is 0. The van der Waals surface area contributed by atoms with Crippen molar-refractivity contribution in [1.82, 2.24) is 5.43 Å². The van der Waals surface area contributed by atoms with E-state index in [1.165, 1.54) is 31.3 Å². The number of hydrogen-bond donors (Lipinski definition) is 1. The molecule has 0 saturated carbocycles. The van der Waals surface area contributed by atoms with Crippen LogP contribution in [0.15, 0.2) is 47.6 Å². The summed E-state index contributed by atoms with van der Waals surface area (Å²) in [5.74, 6) is 0.252. The highest BCUT2D eigenvalue weighted by atomic mass is 35.5. The zero-order valence-electron chi connectivity index (χ0n) is 12.0. The molecule has 0 atom stereocenters. The van der Waals surface area contributed by atoms with Crippen LogP contribution in [0.25, 0.3) is 0 Å². The third kappa shape index (κ3) is 4.79. The zero-order chi connectivity index (χ0) is 16.8. The minimum absolute atomic E-state index is 0.0964. The maximum atomic E-state index is 11.0. The molecule has 0 aliphatic carbocycles. The van der Waals surface area contributed by atoms with Gasteiger partial charge in [-0.25, -0.2) is 5.43 Å². The minimum Gasteiger partial charge on any atom is -0.450 e. The molecular weight excluding hydrogens is 322 g/mol. The van der Waals surface area contributed by atoms with E-state index in [9.17, 15) is 14.9 Å². The van der Waals surface area contributed by atoms with Gasteiger partial charge in [0.05, 0.1) is 11.1 Å². The van der Waals surface area contributed by atoms with E-state index in [-0.39, 0.29) is 22.4 Å². The van der Waals surface area contributed by atoms with Crippen LogP contribution in [-0.2, 0) is 4.79 Å². The lowest BCUT2D eigenvalue weighted by Crippen LogP contribution is -2.12. The Hall–Kier alpha value is -2.93. The molecular formula is C15H12ClN3O4. The molecule has 0 aliphatic heterocycles. The predicted molar refractivity (Wildman–Crippen MR) is 86.0 cm³/mol. The number of nitrogens with one attached hydrogen (secondary N) is 1. The van der Waals surface area contributed by atoms with Gasteiger partial charge in [-0.15, -0.1) is 0 Å². The molecule has 0 saturated heterocycles. The Labute approximate surface area is 136 Å². The van der Waals surface area contributed by atoms with Crippen molar-refractivity contribution < 1.29 is 14.5 Å². The third-order valence-corrected chi connectivity index (χ3v) is 2.90. The fraction of sp³-hybridized carbons (Fsp3) is 0.0667. The molecule has 0 aliphatic rings. The number of halogens is 1. The number of benzene rings is 2. The van der Waals surface area contributed by atoms with Crippen molar-refractivity contribution in [3.8, 4) is 11.5 Å². The molecule has 7 nitrogen and oxygen atoms in total. The maximum absolute atomic E-state index is 11.0. The second kappa shape index (κ2) is 7.37. The lowest BCUT2D eigenvalue weighted by Gasteiger charge is -2.06. The third-order valence-electron chi connectivity index (χ3n) is 2.66. The van der Waals surface area contributed by atoms with Crippen LogP contribution in [0.4, 0.5) is 5.69 Å². The molecule has 118 valence electrons. The second-order valence-electron chi connectivity index (χ2n) is 4.47. The lowest BCUT2D eigenvalue weighted by molar-refractivity contribution is -0.385. The van der Waals surface area contributed by atoms with Gasteiger partial charge in [0.25, 0.3) is 0 Å². The summed E-state index contributed by atoms with van der Waals surface area (Å²) in [6, 6.07) is 10.8. The quantitative estimate of drug-likeness (QED) is 0.514. The van der Waals surface area contributed by atoms with E-state index in [0.29, 0.717) is 5.75 Å². The molecule has 0 heterocycles. The van der Waals surface area contributed by atoms with Crippen molar-refractivity contribution >= 4 is 29.4 Å². The molecule has 0 bridgehead atoms. The monoisotopic (exact) mass is 333 g/mol. The number of nitro groups is 1. The number of rotatable bonds is 5. The SMILES string of the molecule is CC(=O)N/N=C\c1ccc(Oc2ccc(Cl)cc2[N+](=O)[O-])cc1. The summed E-state index contributed by atoms with van der Waals surface area (Å²) < 4.78 is 5.51. The highest BCUT2D eigenvalue weighted by molar-refractivity contribution is 6.30. The van der Waals surface area contributed by atoms with E-state index >= 15 is 0 Å². The molecule has 0 unspecified atom stereocenters. The highest BCUT2D eigenvalue weighted by Gasteiger charge is 2.16. The van der Waals surface area contributed by atoms with Crippen LogP contribution in [0.3, 0.4) is 0 Å². The van der Waals surface area contributed by atoms with Crippen LogP contribution in [0.1, 0.15) is 12.5 Å². The van der Waals surface area contributed by atoms with Crippen molar-refractivity contribution in [2.24, 2.45) is 5.10 Å². The Bertz CT molecular complexity index is 760. The predicted octanol–water partition coefficient (Wildman–Crippen LogP) is 3.51. The molecule has 0 aromatic heterocycles. The van der Waals surface area contributed by atoms with Crippen LogP contribution in [0, 0.1) is 10.1 Å². The number of hydrogen-bond acceptors (Lipinski definition) is 5. The number of amides is 1. The summed E-state index contributed by atoms with van der Waals surface area (Å²) in [5, 5.41) is 15.0. The first-order valence-corrected chi connectivity index (χ1v) is 6.85. The van der Waals surface area contributed by atoms with Crippen molar-refractivity contribution in [2.75, 3.05) is 0 Å². The first-order valence-electron chi connectivity index (χ1n) is 6.47. The van der Waals surface area contributed by atoms with Gasteiger partial charge in [0.2, 0.25) is 11.7 Å². The summed E-state index contributed by atoms with van der Waals surface area (Å²) in [4.78, 5) is 21.1. The van der Waals surface area contributed by atoms with E-state index in [1.807, 2.05) is 0 Å². The number of nitro benzene ring substituents is 1. The maximum Gasteiger partial charge on any atom is 0.313 e. The Morgan fingerprint density at radius 2 is 2.00 bits per heavy atom. The van der Waals surface area contributed by atoms with Crippen molar-refractivity contribution in [3.05, 3.63) is 63.2 Å². The molecule has 0 radical (unpaired) electrons. The summed E-state index contributed by atoms with van der Waals surface area (Å²) in [5.41, 5.74) is 2.80. The first-order chi connectivity index (χ1) is 11.0. The van der Waals surface area contributed by atoms with Gasteiger partial charge in [0, 0.05) is 18.0 Å². The zero-order valence-corrected chi connectivity index (χ0v) is 12.8. The smallest absolute Gasteiger partial charge is 0.313 e. The number of hydrazone groups is 1. The summed E-state index contributed by atoms with van der Waals surface area (Å²) in [6.07, 6.45) is 1.47. The van der Waals surface area contributed by atoms with Gasteiger partial charge in [-0.2, -0.15) is 5.10 Å². The van der Waals surface area contributed by atoms with E-state index in [1.54, 1.807) is 24.3 Å². The number of ether oxygens (including phenoxy) is 1. The van der Waals surface area contributed by atoms with E-state index in [0.717, 1.165) is 5.56 Å². The van der Waals surface area contributed by atoms with Gasteiger partial charge in [-0.3, -0.25) is 14.9 Å². The van der Waals surface area contributed by atoms with E-state index in [4.69, 9.17) is 16.3 Å². The number of carbonyl (C=O) groups excluding carboxylic acids is 1. The normalized spacial score (nSPS) is 10.5. The van der Waals surface area contributed by atoms with E-state index in [2.05, 4.69) is 10.5 Å². The Morgan fingerprint density at radius 1 is 1.30 bits per heavy atom. The second-order valence-corrected chi connectivity index (χ2v) is 4.90. The van der Waals surface area contributed by atoms with Crippen molar-refractivity contribution in [3.63, 3.8) is 0 Å². The van der Waals surface area contributed by atoms with Gasteiger partial charge in [-0.1, -0.05) is 11.6 Å². The Balaban J connectivity index is 2.14. The minimum atomic E-state index is -0.560. The Morgan fingerprint density at radius 3 is 2.61 bits per heavy atom. The molecule has 2 aromatic carbocycles. The fourth-order valence-corrected chi connectivity index (χ4v) is 1.83. The Kier molecular flexibility index (Phi) is 5.27. The average Bonchev–Trinajstić information content (AvgIpc) is 2.50. The highest BCUT2D eigenvalue weighted by Crippen LogP contribution is 2.33. The van der Waals surface area contributed by atoms with Gasteiger partial charge >= 0.3 is 5.69 Å². The molecule has 23 heavy (non-hydrogen) atoms. The topological polar surface area (TPSA) is 93.8 Å². The van der Waals surface area contributed by atoms with E-state index < -0.39 is 4.92 Å². The molecule has 1 amide bonds. The van der Waals surface area contributed by atoms with Gasteiger partial charge in [0.15, 0.2) is 0 Å². The van der Waals surface area contributed by atoms with Crippen LogP contribution in [-0.4, -0.2) is 17.0 Å². The van der Waals surface area contributed by atoms with Gasteiger partial charge in [-0.05, 0) is 42.0 Å². The largest absolute Gasteiger partial charge is 0.450 e. The van der Waals surface area contributed by atoms with Crippen molar-refractivity contribution in [2.45, 2.75) is 6.92 Å². The summed E-state index contributed by atoms with van der Waals surface area (Å²) in [6.45, 7) is 1.35. The number of carbonyl (C=O) groups is 1. The standard InChI is InChI=1S/C15H12ClN3O4/c1-10(20)18-17-9-11-2-5-13(6-3-11)23-15-7-4-12(16)8-14(15)19(21)22/h2-9H,1H3,(H,18,20)/b17-9-. The van der Waals surface area contributed by atoms with Crippen molar-refractivity contribution in [1.29, 1.82) is 0 Å². The van der Waals surface area contributed by atoms with Crippen LogP contribution in [0.2, 0.25) is 5.02 Å². The molecule has 8 heteroatoms. The molecule has 2 rings (SSSR count). The molecule has 2 aromatic rings. The average molecular weight is 334 g/mol. The first kappa shape index (κ1) is 16.4. The van der Waals surface area contributed by atoms with Crippen LogP contribution < -0.4 is 10.2 Å². The van der Waals surface area contributed by atoms with Crippen LogP contribution >= 0.6 is 11.6 Å². The molecule has 0 spiro atoms. The lowest BCUT2D eigenvalue weighted by atomic mass is 10.2.